The van der Waals surface area contributed by atoms with Crippen LogP contribution >= 0.6 is 23.2 Å². The molecule has 6 rings (SSSR count). The molecule has 8 nitrogen and oxygen atoms in total. The Kier molecular flexibility index (Phi) is 8.50. The minimum Gasteiger partial charge on any atom is -0.481 e. The van der Waals surface area contributed by atoms with Crippen LogP contribution in [0.2, 0.25) is 10.0 Å². The zero-order valence-electron chi connectivity index (χ0n) is 23.9. The van der Waals surface area contributed by atoms with Crippen molar-refractivity contribution in [1.29, 1.82) is 0 Å². The number of Topliss-reactive ketones (excluding diaryl/α,β-unsaturated/α-hetero) is 1. The highest BCUT2D eigenvalue weighted by atomic mass is 35.5. The maximum atomic E-state index is 12.4. The molecule has 0 spiro atoms. The Balaban J connectivity index is 1.29. The highest BCUT2D eigenvalue weighted by Crippen LogP contribution is 2.32. The Bertz CT molecular complexity index is 2010. The third-order valence-electron chi connectivity index (χ3n) is 7.63. The van der Waals surface area contributed by atoms with Gasteiger partial charge in [-0.15, -0.1) is 0 Å². The smallest absolute Gasteiger partial charge is 0.303 e. The van der Waals surface area contributed by atoms with Crippen LogP contribution in [0.3, 0.4) is 0 Å². The molecule has 0 radical (unpaired) electrons. The van der Waals surface area contributed by atoms with Crippen LogP contribution in [-0.4, -0.2) is 47.1 Å². The number of benzene rings is 4. The molecule has 4 aromatic carbocycles. The van der Waals surface area contributed by atoms with Crippen molar-refractivity contribution < 1.29 is 23.1 Å². The number of carboxylic acids is 1. The van der Waals surface area contributed by atoms with E-state index in [1.165, 1.54) is 0 Å². The van der Waals surface area contributed by atoms with Crippen LogP contribution in [0.15, 0.2) is 97.2 Å². The minimum atomic E-state index is -3.67. The Hall–Kier alpha value is -4.44. The second kappa shape index (κ2) is 12.5. The lowest BCUT2D eigenvalue weighted by atomic mass is 10.0. The maximum Gasteiger partial charge on any atom is 0.303 e. The molecule has 0 aliphatic carbocycles. The Morgan fingerprint density at radius 3 is 2.04 bits per heavy atom. The number of nitrogens with zero attached hydrogens (tertiary/aromatic N) is 3. The molecule has 0 saturated carbocycles. The van der Waals surface area contributed by atoms with Crippen molar-refractivity contribution in [2.45, 2.75) is 19.3 Å². The monoisotopic (exact) mass is 659 g/mol. The van der Waals surface area contributed by atoms with Gasteiger partial charge in [0.05, 0.1) is 22.9 Å². The number of hydrogen-bond acceptors (Lipinski definition) is 5. The molecule has 1 aliphatic rings. The number of rotatable bonds is 9. The lowest BCUT2D eigenvalue weighted by Crippen LogP contribution is -2.25. The van der Waals surface area contributed by atoms with E-state index in [4.69, 9.17) is 33.3 Å². The molecule has 5 aromatic rings. The Labute approximate surface area is 270 Å². The fraction of sp³-hybridized carbons (Fsp3) is 0.147. The number of anilines is 1. The predicted octanol–water partition coefficient (Wildman–Crippen LogP) is 6.84. The summed E-state index contributed by atoms with van der Waals surface area (Å²) in [5.74, 6) is -0.892. The van der Waals surface area contributed by atoms with Crippen LogP contribution in [0.25, 0.3) is 28.1 Å². The number of sulfonamides is 1. The summed E-state index contributed by atoms with van der Waals surface area (Å²) in [6.07, 6.45) is 2.97. The van der Waals surface area contributed by atoms with Crippen LogP contribution in [0.1, 0.15) is 23.4 Å². The van der Waals surface area contributed by atoms with Crippen molar-refractivity contribution in [2.75, 3.05) is 16.6 Å². The summed E-state index contributed by atoms with van der Waals surface area (Å²) < 4.78 is 27.9. The lowest BCUT2D eigenvalue weighted by Gasteiger charge is -2.16. The van der Waals surface area contributed by atoms with Gasteiger partial charge in [0.25, 0.3) is 0 Å². The van der Waals surface area contributed by atoms with E-state index in [0.29, 0.717) is 34.3 Å². The second-order valence-electron chi connectivity index (χ2n) is 10.8. The number of imidazole rings is 1. The molecule has 1 fully saturated rings. The number of carbonyl (C=O) groups excluding carboxylic acids is 1. The minimum absolute atomic E-state index is 0.0985. The average molecular weight is 661 g/mol. The van der Waals surface area contributed by atoms with Crippen LogP contribution in [0, 0.1) is 0 Å². The van der Waals surface area contributed by atoms with Crippen LogP contribution < -0.4 is 4.31 Å². The molecule has 0 bridgehead atoms. The summed E-state index contributed by atoms with van der Waals surface area (Å²) in [5.41, 5.74) is 6.64. The normalized spacial score (nSPS) is 14.2. The summed E-state index contributed by atoms with van der Waals surface area (Å²) in [6.45, 7) is -0.165. The van der Waals surface area contributed by atoms with Crippen LogP contribution in [0.4, 0.5) is 5.69 Å². The van der Waals surface area contributed by atoms with Gasteiger partial charge in [-0.2, -0.15) is 0 Å². The summed E-state index contributed by atoms with van der Waals surface area (Å²) in [4.78, 5) is 27.6. The molecular formula is C34H27Cl2N3O5S. The van der Waals surface area contributed by atoms with Gasteiger partial charge in [0.15, 0.2) is 5.78 Å². The number of hydrogen-bond donors (Lipinski definition) is 1. The van der Waals surface area contributed by atoms with Gasteiger partial charge in [-0.25, -0.2) is 13.4 Å². The van der Waals surface area contributed by atoms with E-state index < -0.39 is 21.7 Å². The third-order valence-corrected chi connectivity index (χ3v) is 9.88. The summed E-state index contributed by atoms with van der Waals surface area (Å²) in [6, 6.07) is 28.3. The first-order valence-electron chi connectivity index (χ1n) is 14.1. The van der Waals surface area contributed by atoms with Crippen LogP contribution in [0.5, 0.6) is 0 Å². The molecule has 2 heterocycles. The van der Waals surface area contributed by atoms with Crippen LogP contribution in [-0.2, 0) is 32.5 Å². The number of carboxylic acid groups (broad SMARTS) is 1. The van der Waals surface area contributed by atoms with Gasteiger partial charge in [-0.3, -0.25) is 13.9 Å². The summed E-state index contributed by atoms with van der Waals surface area (Å²) in [7, 11) is -3.67. The fourth-order valence-electron chi connectivity index (χ4n) is 5.32. The number of aryl methyl sites for hydroxylation is 1. The maximum absolute atomic E-state index is 12.4. The molecule has 1 aromatic heterocycles. The van der Waals surface area contributed by atoms with Gasteiger partial charge < -0.3 is 9.67 Å². The SMILES string of the molecule is O=C(O)CCc1ccc(-c2ccc(Cc3nc(-c4ccc(Cl)cc4Cl)cn3-c3ccc(N4CC(=O)CS4(=O)=O)cc3)cc2)cc1. The van der Waals surface area contributed by atoms with Gasteiger partial charge in [0, 0.05) is 35.3 Å². The van der Waals surface area contributed by atoms with Crippen molar-refractivity contribution >= 4 is 50.7 Å². The number of carbonyl (C=O) groups is 2. The zero-order valence-corrected chi connectivity index (χ0v) is 26.2. The molecule has 45 heavy (non-hydrogen) atoms. The van der Waals surface area contributed by atoms with Crippen molar-refractivity contribution in [1.82, 2.24) is 9.55 Å². The molecule has 0 atom stereocenters. The molecule has 1 aliphatic heterocycles. The van der Waals surface area contributed by atoms with Gasteiger partial charge in [0.2, 0.25) is 10.0 Å². The molecule has 1 N–H and O–H groups in total. The third kappa shape index (κ3) is 6.81. The molecule has 0 unspecified atom stereocenters. The fourth-order valence-corrected chi connectivity index (χ4v) is 7.27. The zero-order chi connectivity index (χ0) is 31.7. The van der Waals surface area contributed by atoms with E-state index in [1.54, 1.807) is 36.4 Å². The van der Waals surface area contributed by atoms with Gasteiger partial charge in [-0.1, -0.05) is 71.7 Å². The average Bonchev–Trinajstić information content (AvgIpc) is 3.55. The van der Waals surface area contributed by atoms with Crippen molar-refractivity contribution in [3.8, 4) is 28.1 Å². The second-order valence-corrected chi connectivity index (χ2v) is 13.6. The van der Waals surface area contributed by atoms with Crippen molar-refractivity contribution in [3.05, 3.63) is 124 Å². The van der Waals surface area contributed by atoms with Gasteiger partial charge in [-0.05, 0) is 71.1 Å². The summed E-state index contributed by atoms with van der Waals surface area (Å²) in [5, 5.41) is 9.92. The van der Waals surface area contributed by atoms with E-state index in [-0.39, 0.29) is 18.7 Å². The molecule has 0 amide bonds. The van der Waals surface area contributed by atoms with E-state index in [2.05, 4.69) is 0 Å². The topological polar surface area (TPSA) is 110 Å². The number of aromatic nitrogens is 2. The molecule has 11 heteroatoms. The largest absolute Gasteiger partial charge is 0.481 e. The number of aliphatic carboxylic acids is 1. The van der Waals surface area contributed by atoms with E-state index >= 15 is 0 Å². The molecule has 228 valence electrons. The first kappa shape index (κ1) is 30.6. The Morgan fingerprint density at radius 1 is 0.844 bits per heavy atom. The number of halogens is 2. The first-order valence-corrected chi connectivity index (χ1v) is 16.5. The molecule has 1 saturated heterocycles. The van der Waals surface area contributed by atoms with Gasteiger partial charge >= 0.3 is 5.97 Å². The lowest BCUT2D eigenvalue weighted by molar-refractivity contribution is -0.137. The van der Waals surface area contributed by atoms with E-state index in [1.807, 2.05) is 65.4 Å². The standard InChI is InChI=1S/C34H27Cl2N3O5S/c35-26-10-15-30(31(36)18-26)32-20-38(27-11-13-28(14-12-27)39-19-29(40)21-45(39,43)44)33(37-32)17-23-3-8-25(9-4-23)24-6-1-22(2-7-24)5-16-34(41)42/h1-4,6-15,18,20H,5,16-17,19,21H2,(H,41,42). The first-order chi connectivity index (χ1) is 21.6. The number of ketones is 1. The highest BCUT2D eigenvalue weighted by molar-refractivity contribution is 7.94. The van der Waals surface area contributed by atoms with Crippen molar-refractivity contribution in [3.63, 3.8) is 0 Å². The van der Waals surface area contributed by atoms with E-state index in [9.17, 15) is 18.0 Å². The predicted molar refractivity (Wildman–Crippen MR) is 176 cm³/mol. The van der Waals surface area contributed by atoms with Gasteiger partial charge in [0.1, 0.15) is 11.6 Å². The quantitative estimate of drug-likeness (QED) is 0.186. The summed E-state index contributed by atoms with van der Waals surface area (Å²) >= 11 is 12.7. The van der Waals surface area contributed by atoms with E-state index in [0.717, 1.165) is 43.6 Å². The molecular weight excluding hydrogens is 633 g/mol. The Morgan fingerprint density at radius 2 is 1.47 bits per heavy atom. The highest BCUT2D eigenvalue weighted by Gasteiger charge is 2.34. The van der Waals surface area contributed by atoms with Crippen molar-refractivity contribution in [2.24, 2.45) is 0 Å².